The van der Waals surface area contributed by atoms with Crippen molar-refractivity contribution >= 4 is 11.8 Å². The number of hydrogen-bond donors (Lipinski definition) is 0. The lowest BCUT2D eigenvalue weighted by Gasteiger charge is -2.39. The number of esters is 1. The lowest BCUT2D eigenvalue weighted by atomic mass is 9.69. The molecule has 6 nitrogen and oxygen atoms in total. The number of carbonyl (C=O) groups is 2. The summed E-state index contributed by atoms with van der Waals surface area (Å²) in [6.07, 6.45) is 4.30. The SMILES string of the molecule is CC[C@H](C)OC(=O)C1(COc2c(-c3cccc4c3CCC4=O)ccc(OC)c2OC)CCC1. The van der Waals surface area contributed by atoms with Crippen molar-refractivity contribution < 1.29 is 28.5 Å². The van der Waals surface area contributed by atoms with E-state index in [1.807, 2.05) is 44.2 Å². The van der Waals surface area contributed by atoms with E-state index in [9.17, 15) is 9.59 Å². The third-order valence-corrected chi connectivity index (χ3v) is 6.99. The number of Topliss-reactive ketones (excluding diaryl/α,β-unsaturated/α-hetero) is 1. The van der Waals surface area contributed by atoms with E-state index >= 15 is 0 Å². The van der Waals surface area contributed by atoms with Crippen LogP contribution in [0.4, 0.5) is 0 Å². The molecule has 1 fully saturated rings. The van der Waals surface area contributed by atoms with E-state index < -0.39 is 5.41 Å². The fourth-order valence-corrected chi connectivity index (χ4v) is 4.61. The second-order valence-electron chi connectivity index (χ2n) is 8.98. The Labute approximate surface area is 195 Å². The van der Waals surface area contributed by atoms with Crippen molar-refractivity contribution in [3.8, 4) is 28.4 Å². The summed E-state index contributed by atoms with van der Waals surface area (Å²) < 4.78 is 23.3. The zero-order chi connectivity index (χ0) is 23.6. The number of rotatable bonds is 9. The van der Waals surface area contributed by atoms with E-state index in [0.29, 0.717) is 30.1 Å². The van der Waals surface area contributed by atoms with Gasteiger partial charge in [0.25, 0.3) is 0 Å². The van der Waals surface area contributed by atoms with Gasteiger partial charge in [-0.25, -0.2) is 0 Å². The maximum Gasteiger partial charge on any atom is 0.315 e. The Morgan fingerprint density at radius 2 is 1.76 bits per heavy atom. The van der Waals surface area contributed by atoms with Gasteiger partial charge in [0, 0.05) is 17.5 Å². The summed E-state index contributed by atoms with van der Waals surface area (Å²) in [4.78, 5) is 25.3. The fraction of sp³-hybridized carbons (Fsp3) is 0.481. The molecule has 2 aromatic rings. The van der Waals surface area contributed by atoms with Crippen molar-refractivity contribution in [2.75, 3.05) is 20.8 Å². The van der Waals surface area contributed by atoms with Crippen LogP contribution in [0.1, 0.15) is 61.9 Å². The fourth-order valence-electron chi connectivity index (χ4n) is 4.61. The van der Waals surface area contributed by atoms with Crippen LogP contribution in [0.5, 0.6) is 17.2 Å². The summed E-state index contributed by atoms with van der Waals surface area (Å²) >= 11 is 0. The first kappa shape index (κ1) is 23.1. The average molecular weight is 453 g/mol. The maximum atomic E-state index is 13.0. The van der Waals surface area contributed by atoms with Gasteiger partial charge in [-0.1, -0.05) is 31.5 Å². The predicted octanol–water partition coefficient (Wildman–Crippen LogP) is 5.39. The van der Waals surface area contributed by atoms with E-state index in [1.54, 1.807) is 14.2 Å². The minimum atomic E-state index is -0.649. The summed E-state index contributed by atoms with van der Waals surface area (Å²) in [5, 5.41) is 0. The summed E-state index contributed by atoms with van der Waals surface area (Å²) in [5.41, 5.74) is 2.90. The number of hydrogen-bond acceptors (Lipinski definition) is 6. The van der Waals surface area contributed by atoms with Gasteiger partial charge >= 0.3 is 5.97 Å². The van der Waals surface area contributed by atoms with Gasteiger partial charge < -0.3 is 18.9 Å². The Bertz CT molecular complexity index is 1050. The first-order valence-electron chi connectivity index (χ1n) is 11.7. The summed E-state index contributed by atoms with van der Waals surface area (Å²) in [7, 11) is 3.15. The van der Waals surface area contributed by atoms with E-state index in [-0.39, 0.29) is 24.5 Å². The molecule has 6 heteroatoms. The highest BCUT2D eigenvalue weighted by Crippen LogP contribution is 2.49. The second-order valence-corrected chi connectivity index (χ2v) is 8.98. The number of fused-ring (bicyclic) bond motifs is 1. The number of ether oxygens (including phenoxy) is 4. The van der Waals surface area contributed by atoms with Crippen LogP contribution in [0.25, 0.3) is 11.1 Å². The van der Waals surface area contributed by atoms with Crippen LogP contribution < -0.4 is 14.2 Å². The molecule has 0 unspecified atom stereocenters. The molecule has 0 amide bonds. The smallest absolute Gasteiger partial charge is 0.315 e. The molecule has 4 rings (SSSR count). The number of carbonyl (C=O) groups excluding carboxylic acids is 2. The molecule has 1 atom stereocenters. The summed E-state index contributed by atoms with van der Waals surface area (Å²) in [6.45, 7) is 4.11. The average Bonchev–Trinajstić information content (AvgIpc) is 3.18. The van der Waals surface area contributed by atoms with Crippen LogP contribution in [-0.2, 0) is 16.0 Å². The van der Waals surface area contributed by atoms with Crippen LogP contribution in [-0.4, -0.2) is 38.7 Å². The molecule has 0 N–H and O–H groups in total. The molecule has 0 aliphatic heterocycles. The van der Waals surface area contributed by atoms with Gasteiger partial charge in [-0.2, -0.15) is 0 Å². The second kappa shape index (κ2) is 9.46. The van der Waals surface area contributed by atoms with Crippen molar-refractivity contribution in [3.05, 3.63) is 41.5 Å². The zero-order valence-corrected chi connectivity index (χ0v) is 19.9. The third kappa shape index (κ3) is 4.19. The van der Waals surface area contributed by atoms with Crippen molar-refractivity contribution in [3.63, 3.8) is 0 Å². The van der Waals surface area contributed by atoms with Gasteiger partial charge in [-0.05, 0) is 55.9 Å². The molecule has 0 heterocycles. The lowest BCUT2D eigenvalue weighted by Crippen LogP contribution is -2.45. The van der Waals surface area contributed by atoms with E-state index in [0.717, 1.165) is 47.9 Å². The van der Waals surface area contributed by atoms with Gasteiger partial charge in [-0.3, -0.25) is 9.59 Å². The van der Waals surface area contributed by atoms with Crippen LogP contribution in [0.15, 0.2) is 30.3 Å². The summed E-state index contributed by atoms with van der Waals surface area (Å²) in [5.74, 6) is 1.51. The maximum absolute atomic E-state index is 13.0. The van der Waals surface area contributed by atoms with Crippen molar-refractivity contribution in [2.24, 2.45) is 5.41 Å². The minimum Gasteiger partial charge on any atom is -0.493 e. The van der Waals surface area contributed by atoms with Gasteiger partial charge in [-0.15, -0.1) is 0 Å². The highest BCUT2D eigenvalue weighted by molar-refractivity contribution is 6.02. The van der Waals surface area contributed by atoms with Crippen molar-refractivity contribution in [1.82, 2.24) is 0 Å². The van der Waals surface area contributed by atoms with Gasteiger partial charge in [0.2, 0.25) is 5.75 Å². The third-order valence-electron chi connectivity index (χ3n) is 6.99. The molecule has 2 aliphatic carbocycles. The van der Waals surface area contributed by atoms with Crippen molar-refractivity contribution in [2.45, 2.75) is 58.5 Å². The van der Waals surface area contributed by atoms with E-state index in [1.165, 1.54) is 0 Å². The molecular weight excluding hydrogens is 420 g/mol. The Balaban J connectivity index is 1.72. The Morgan fingerprint density at radius 3 is 2.39 bits per heavy atom. The molecule has 0 spiro atoms. The topological polar surface area (TPSA) is 71.1 Å². The molecule has 0 saturated heterocycles. The highest BCUT2D eigenvalue weighted by atomic mass is 16.6. The van der Waals surface area contributed by atoms with E-state index in [2.05, 4.69) is 0 Å². The Hall–Kier alpha value is -3.02. The monoisotopic (exact) mass is 452 g/mol. The molecule has 1 saturated carbocycles. The molecule has 2 aliphatic rings. The molecule has 0 bridgehead atoms. The standard InChI is InChI=1S/C27H32O6/c1-5-17(2)33-26(29)27(14-7-15-27)16-32-24-21(11-13-23(30-3)25(24)31-4)18-8-6-9-20-19(18)10-12-22(20)28/h6,8-9,11,13,17H,5,7,10,12,14-16H2,1-4H3/t17-/m0/s1. The number of methoxy groups -OCH3 is 2. The molecule has 0 radical (unpaired) electrons. The first-order chi connectivity index (χ1) is 15.9. The van der Waals surface area contributed by atoms with Gasteiger partial charge in [0.1, 0.15) is 12.0 Å². The highest BCUT2D eigenvalue weighted by Gasteiger charge is 2.47. The first-order valence-corrected chi connectivity index (χ1v) is 11.7. The molecular formula is C27H32O6. The molecule has 33 heavy (non-hydrogen) atoms. The number of ketones is 1. The van der Waals surface area contributed by atoms with Crippen LogP contribution in [0, 0.1) is 5.41 Å². The Kier molecular flexibility index (Phi) is 6.63. The normalized spacial score (nSPS) is 17.0. The molecule has 0 aromatic heterocycles. The van der Waals surface area contributed by atoms with E-state index in [4.69, 9.17) is 18.9 Å². The van der Waals surface area contributed by atoms with Gasteiger partial charge in [0.15, 0.2) is 17.3 Å². The molecule has 176 valence electrons. The predicted molar refractivity (Wildman–Crippen MR) is 125 cm³/mol. The van der Waals surface area contributed by atoms with Gasteiger partial charge in [0.05, 0.1) is 20.3 Å². The largest absolute Gasteiger partial charge is 0.493 e. The minimum absolute atomic E-state index is 0.124. The zero-order valence-electron chi connectivity index (χ0n) is 19.9. The van der Waals surface area contributed by atoms with Crippen molar-refractivity contribution in [1.29, 1.82) is 0 Å². The molecule has 2 aromatic carbocycles. The number of benzene rings is 2. The summed E-state index contributed by atoms with van der Waals surface area (Å²) in [6, 6.07) is 9.55. The Morgan fingerprint density at radius 1 is 1.00 bits per heavy atom. The van der Waals surface area contributed by atoms with Crippen LogP contribution >= 0.6 is 0 Å². The quantitative estimate of drug-likeness (QED) is 0.475. The lowest BCUT2D eigenvalue weighted by molar-refractivity contribution is -0.169. The van der Waals surface area contributed by atoms with Crippen LogP contribution in [0.2, 0.25) is 0 Å². The van der Waals surface area contributed by atoms with Crippen LogP contribution in [0.3, 0.4) is 0 Å².